The Morgan fingerprint density at radius 3 is 1.94 bits per heavy atom. The minimum Gasteiger partial charge on any atom is -0.480 e. The first-order valence-corrected chi connectivity index (χ1v) is 12.0. The first-order chi connectivity index (χ1) is 15.3. The van der Waals surface area contributed by atoms with Gasteiger partial charge in [-0.3, -0.25) is 9.59 Å². The molecule has 0 aromatic rings. The first kappa shape index (κ1) is 30.2. The summed E-state index contributed by atoms with van der Waals surface area (Å²) in [5.41, 5.74) is 0. The quantitative estimate of drug-likeness (QED) is 0.167. The van der Waals surface area contributed by atoms with Crippen molar-refractivity contribution in [1.29, 1.82) is 0 Å². The maximum atomic E-state index is 11.4. The van der Waals surface area contributed by atoms with Crippen molar-refractivity contribution < 1.29 is 34.8 Å². The van der Waals surface area contributed by atoms with Crippen LogP contribution < -0.4 is 5.32 Å². The first-order valence-electron chi connectivity index (χ1n) is 12.0. The van der Waals surface area contributed by atoms with E-state index < -0.39 is 36.6 Å². The lowest BCUT2D eigenvalue weighted by molar-refractivity contribution is -0.140. The van der Waals surface area contributed by atoms with E-state index in [1.165, 1.54) is 63.9 Å². The van der Waals surface area contributed by atoms with Gasteiger partial charge in [-0.05, 0) is 25.3 Å². The van der Waals surface area contributed by atoms with Crippen LogP contribution in [0.5, 0.6) is 0 Å². The Labute approximate surface area is 192 Å². The highest BCUT2D eigenvalue weighted by atomic mass is 16.4. The number of aliphatic hydroxyl groups is 3. The number of aliphatic hydroxyl groups excluding tert-OH is 3. The molecule has 1 amide bonds. The second kappa shape index (κ2) is 19.9. The predicted octanol–water partition coefficient (Wildman–Crippen LogP) is 2.88. The molecule has 0 saturated carbocycles. The van der Waals surface area contributed by atoms with Crippen LogP contribution in [-0.4, -0.2) is 62.9 Å². The van der Waals surface area contributed by atoms with E-state index in [0.717, 1.165) is 19.3 Å². The fourth-order valence-electron chi connectivity index (χ4n) is 3.31. The molecule has 2 unspecified atom stereocenters. The molecule has 0 aromatic carbocycles. The zero-order chi connectivity index (χ0) is 24.2. The fraction of sp³-hybridized carbons (Fsp3) is 0.792. The average Bonchev–Trinajstić information content (AvgIpc) is 3.22. The van der Waals surface area contributed by atoms with Crippen LogP contribution in [0.2, 0.25) is 0 Å². The standard InChI is InChI=1S/C19H36O4.C5H7NO3/c1-2-3-4-5-6-7-8-9-10-11-12-13-14-15-17(21)19(23)18(22)16-20;7-4-2-1-3(6-4)5(8)9/h14-15,18-20,22-23H,2-13,16H2,1H3;3H,1-2H2,(H,6,7)(H,8,9)/t;3-/m.0/s1. The van der Waals surface area contributed by atoms with Crippen LogP contribution in [0, 0.1) is 0 Å². The van der Waals surface area contributed by atoms with E-state index in [2.05, 4.69) is 12.2 Å². The van der Waals surface area contributed by atoms with Gasteiger partial charge >= 0.3 is 5.97 Å². The second-order valence-corrected chi connectivity index (χ2v) is 8.32. The number of nitrogens with one attached hydrogen (secondary N) is 1. The minimum atomic E-state index is -1.52. The minimum absolute atomic E-state index is 0.164. The van der Waals surface area contributed by atoms with Crippen molar-refractivity contribution in [3.8, 4) is 0 Å². The Morgan fingerprint density at radius 1 is 1.00 bits per heavy atom. The lowest BCUT2D eigenvalue weighted by Crippen LogP contribution is -2.35. The van der Waals surface area contributed by atoms with Crippen LogP contribution in [-0.2, 0) is 14.4 Å². The average molecular weight is 458 g/mol. The number of unbranched alkanes of at least 4 members (excludes halogenated alkanes) is 11. The molecule has 0 radical (unpaired) electrons. The van der Waals surface area contributed by atoms with Crippen molar-refractivity contribution >= 4 is 17.7 Å². The number of ketones is 1. The van der Waals surface area contributed by atoms with Gasteiger partial charge in [0.2, 0.25) is 5.91 Å². The molecule has 32 heavy (non-hydrogen) atoms. The summed E-state index contributed by atoms with van der Waals surface area (Å²) in [5, 5.41) is 37.8. The lowest BCUT2D eigenvalue weighted by Gasteiger charge is -2.11. The van der Waals surface area contributed by atoms with Crippen LogP contribution in [0.4, 0.5) is 0 Å². The summed E-state index contributed by atoms with van der Waals surface area (Å²) in [6, 6.07) is -0.641. The topological polar surface area (TPSA) is 144 Å². The van der Waals surface area contributed by atoms with Gasteiger partial charge < -0.3 is 25.7 Å². The number of aliphatic carboxylic acids is 1. The second-order valence-electron chi connectivity index (χ2n) is 8.32. The summed E-state index contributed by atoms with van der Waals surface area (Å²) in [7, 11) is 0. The highest BCUT2D eigenvalue weighted by Gasteiger charge is 2.26. The van der Waals surface area contributed by atoms with E-state index in [9.17, 15) is 19.5 Å². The van der Waals surface area contributed by atoms with Crippen LogP contribution >= 0.6 is 0 Å². The maximum Gasteiger partial charge on any atom is 0.326 e. The molecule has 0 spiro atoms. The number of carbonyl (C=O) groups excluding carboxylic acids is 2. The van der Waals surface area contributed by atoms with Gasteiger partial charge in [0.25, 0.3) is 0 Å². The molecule has 8 heteroatoms. The molecule has 0 aliphatic carbocycles. The highest BCUT2D eigenvalue weighted by Crippen LogP contribution is 2.12. The van der Waals surface area contributed by atoms with Crippen LogP contribution in [0.1, 0.15) is 96.8 Å². The number of hydrogen-bond donors (Lipinski definition) is 5. The van der Waals surface area contributed by atoms with Crippen molar-refractivity contribution in [3.63, 3.8) is 0 Å². The van der Waals surface area contributed by atoms with E-state index in [1.54, 1.807) is 6.08 Å². The van der Waals surface area contributed by atoms with Gasteiger partial charge in [0, 0.05) is 6.42 Å². The lowest BCUT2D eigenvalue weighted by atomic mass is 10.0. The van der Waals surface area contributed by atoms with Gasteiger partial charge in [-0.1, -0.05) is 77.2 Å². The maximum absolute atomic E-state index is 11.4. The Kier molecular flexibility index (Phi) is 18.8. The Hall–Kier alpha value is -1.77. The summed E-state index contributed by atoms with van der Waals surface area (Å²) >= 11 is 0. The molecular weight excluding hydrogens is 414 g/mol. The molecule has 1 saturated heterocycles. The number of hydrogen-bond acceptors (Lipinski definition) is 6. The number of allylic oxidation sites excluding steroid dienone is 1. The zero-order valence-electron chi connectivity index (χ0n) is 19.5. The van der Waals surface area contributed by atoms with E-state index in [1.807, 2.05) is 0 Å². The molecule has 8 nitrogen and oxygen atoms in total. The molecular formula is C24H43NO7. The third-order valence-corrected chi connectivity index (χ3v) is 5.39. The van der Waals surface area contributed by atoms with Gasteiger partial charge in [0.05, 0.1) is 6.61 Å². The third-order valence-electron chi connectivity index (χ3n) is 5.39. The normalized spacial score (nSPS) is 17.5. The van der Waals surface area contributed by atoms with Gasteiger partial charge in [-0.15, -0.1) is 0 Å². The Bertz CT molecular complexity index is 550. The van der Waals surface area contributed by atoms with Gasteiger partial charge in [-0.25, -0.2) is 4.79 Å². The molecule has 1 rings (SSSR count). The molecule has 186 valence electrons. The van der Waals surface area contributed by atoms with Gasteiger partial charge in [0.1, 0.15) is 18.2 Å². The third kappa shape index (κ3) is 15.9. The monoisotopic (exact) mass is 457 g/mol. The van der Waals surface area contributed by atoms with Crippen LogP contribution in [0.3, 0.4) is 0 Å². The molecule has 1 heterocycles. The molecule has 1 fully saturated rings. The Balaban J connectivity index is 0.000000879. The van der Waals surface area contributed by atoms with Crippen molar-refractivity contribution in [2.45, 2.75) is 115 Å². The summed E-state index contributed by atoms with van der Waals surface area (Å²) in [6.45, 7) is 1.63. The molecule has 1 aliphatic rings. The van der Waals surface area contributed by atoms with Crippen molar-refractivity contribution in [2.75, 3.05) is 6.61 Å². The van der Waals surface area contributed by atoms with E-state index in [0.29, 0.717) is 12.8 Å². The SMILES string of the molecule is CCCCCCCCCCCCCC=CC(=O)C(O)C(O)CO.O=C1CC[C@@H](C(=O)O)N1. The summed E-state index contributed by atoms with van der Waals surface area (Å²) < 4.78 is 0. The highest BCUT2D eigenvalue weighted by molar-refractivity contribution is 5.93. The van der Waals surface area contributed by atoms with Crippen molar-refractivity contribution in [2.24, 2.45) is 0 Å². The van der Waals surface area contributed by atoms with Crippen molar-refractivity contribution in [3.05, 3.63) is 12.2 Å². The number of carboxylic acid groups (broad SMARTS) is 1. The summed E-state index contributed by atoms with van der Waals surface area (Å²) in [6.07, 6.45) is 15.9. The number of amides is 1. The van der Waals surface area contributed by atoms with Gasteiger partial charge in [0.15, 0.2) is 5.78 Å². The number of rotatable bonds is 17. The Morgan fingerprint density at radius 2 is 1.53 bits per heavy atom. The smallest absolute Gasteiger partial charge is 0.326 e. The van der Waals surface area contributed by atoms with Gasteiger partial charge in [-0.2, -0.15) is 0 Å². The largest absolute Gasteiger partial charge is 0.480 e. The van der Waals surface area contributed by atoms with E-state index >= 15 is 0 Å². The molecule has 5 N–H and O–H groups in total. The summed E-state index contributed by atoms with van der Waals surface area (Å²) in [5.74, 6) is -1.65. The fourth-order valence-corrected chi connectivity index (χ4v) is 3.31. The van der Waals surface area contributed by atoms with Crippen LogP contribution in [0.15, 0.2) is 12.2 Å². The van der Waals surface area contributed by atoms with Crippen LogP contribution in [0.25, 0.3) is 0 Å². The van der Waals surface area contributed by atoms with E-state index in [-0.39, 0.29) is 5.91 Å². The number of carbonyl (C=O) groups is 3. The number of carboxylic acids is 1. The van der Waals surface area contributed by atoms with E-state index in [4.69, 9.17) is 15.3 Å². The molecule has 3 atom stereocenters. The predicted molar refractivity (Wildman–Crippen MR) is 123 cm³/mol. The molecule has 0 aromatic heterocycles. The molecule has 0 bridgehead atoms. The molecule has 1 aliphatic heterocycles. The van der Waals surface area contributed by atoms with Crippen molar-refractivity contribution in [1.82, 2.24) is 5.32 Å². The summed E-state index contributed by atoms with van der Waals surface area (Å²) in [4.78, 5) is 32.0. The zero-order valence-corrected chi connectivity index (χ0v) is 19.5.